The van der Waals surface area contributed by atoms with Crippen LogP contribution in [0.1, 0.15) is 13.8 Å². The fraction of sp³-hybridized carbons (Fsp3) is 0.300. The Morgan fingerprint density at radius 2 is 2.15 bits per heavy atom. The minimum Gasteiger partial charge on any atom is -0.308 e. The SMILES string of the molecule is C[C](C)CN(Br)c1cccc(F)c1. The molecule has 0 amide bonds. The second kappa shape index (κ2) is 4.61. The molecule has 0 atom stereocenters. The zero-order valence-electron chi connectivity index (χ0n) is 7.72. The fourth-order valence-electron chi connectivity index (χ4n) is 0.996. The van der Waals surface area contributed by atoms with Crippen molar-refractivity contribution < 1.29 is 4.39 Å². The maximum absolute atomic E-state index is 12.8. The Morgan fingerprint density at radius 3 is 2.69 bits per heavy atom. The number of anilines is 1. The molecule has 0 bridgehead atoms. The Hall–Kier alpha value is -0.570. The van der Waals surface area contributed by atoms with Gasteiger partial charge >= 0.3 is 0 Å². The van der Waals surface area contributed by atoms with Gasteiger partial charge in [-0.3, -0.25) is 0 Å². The molecule has 0 N–H and O–H groups in total. The number of rotatable bonds is 3. The van der Waals surface area contributed by atoms with Crippen molar-refractivity contribution in [3.63, 3.8) is 0 Å². The molecular weight excluding hydrogens is 233 g/mol. The van der Waals surface area contributed by atoms with Gasteiger partial charge in [0.2, 0.25) is 0 Å². The van der Waals surface area contributed by atoms with Crippen molar-refractivity contribution in [1.82, 2.24) is 0 Å². The summed E-state index contributed by atoms with van der Waals surface area (Å²) in [5, 5.41) is 0. The Bertz CT molecular complexity index is 275. The number of halogens is 2. The quantitative estimate of drug-likeness (QED) is 0.736. The topological polar surface area (TPSA) is 3.24 Å². The average Bonchev–Trinajstić information content (AvgIpc) is 2.03. The zero-order valence-corrected chi connectivity index (χ0v) is 9.31. The lowest BCUT2D eigenvalue weighted by atomic mass is 10.2. The summed E-state index contributed by atoms with van der Waals surface area (Å²) in [5.41, 5.74) is 0.834. The molecule has 71 valence electrons. The zero-order chi connectivity index (χ0) is 9.84. The highest BCUT2D eigenvalue weighted by Crippen LogP contribution is 2.20. The van der Waals surface area contributed by atoms with Gasteiger partial charge in [-0.15, -0.1) is 0 Å². The lowest BCUT2D eigenvalue weighted by Crippen LogP contribution is -2.14. The van der Waals surface area contributed by atoms with Crippen molar-refractivity contribution in [2.75, 3.05) is 10.5 Å². The normalized spacial score (nSPS) is 10.5. The Morgan fingerprint density at radius 1 is 1.46 bits per heavy atom. The maximum atomic E-state index is 12.8. The maximum Gasteiger partial charge on any atom is 0.125 e. The predicted molar refractivity (Wildman–Crippen MR) is 57.3 cm³/mol. The van der Waals surface area contributed by atoms with E-state index in [2.05, 4.69) is 16.1 Å². The molecule has 0 aliphatic rings. The summed E-state index contributed by atoms with van der Waals surface area (Å²) in [6.07, 6.45) is 0. The average molecular weight is 245 g/mol. The van der Waals surface area contributed by atoms with Crippen LogP contribution in [0.3, 0.4) is 0 Å². The standard InChI is InChI=1S/C10H12BrFN/c1-8(2)7-13(11)10-5-3-4-9(12)6-10/h3-6H,7H2,1-2H3. The summed E-state index contributed by atoms with van der Waals surface area (Å²) in [6.45, 7) is 4.85. The van der Waals surface area contributed by atoms with Crippen LogP contribution in [-0.4, -0.2) is 6.54 Å². The minimum absolute atomic E-state index is 0.212. The molecule has 0 aliphatic carbocycles. The van der Waals surface area contributed by atoms with Crippen LogP contribution in [0.2, 0.25) is 0 Å². The van der Waals surface area contributed by atoms with Gasteiger partial charge in [-0.25, -0.2) is 4.39 Å². The molecule has 0 aliphatic heterocycles. The smallest absolute Gasteiger partial charge is 0.125 e. The van der Waals surface area contributed by atoms with Gasteiger partial charge < -0.3 is 3.93 Å². The monoisotopic (exact) mass is 244 g/mol. The van der Waals surface area contributed by atoms with Gasteiger partial charge in [-0.05, 0) is 24.1 Å². The van der Waals surface area contributed by atoms with Gasteiger partial charge in [0, 0.05) is 28.4 Å². The summed E-state index contributed by atoms with van der Waals surface area (Å²) in [4.78, 5) is 0. The van der Waals surface area contributed by atoms with Crippen molar-refractivity contribution >= 4 is 21.8 Å². The van der Waals surface area contributed by atoms with E-state index >= 15 is 0 Å². The molecule has 1 rings (SSSR count). The molecule has 0 saturated heterocycles. The molecule has 0 saturated carbocycles. The summed E-state index contributed by atoms with van der Waals surface area (Å²) < 4.78 is 14.6. The van der Waals surface area contributed by atoms with Crippen LogP contribution in [0.5, 0.6) is 0 Å². The summed E-state index contributed by atoms with van der Waals surface area (Å²) >= 11 is 3.37. The molecule has 1 nitrogen and oxygen atoms in total. The first-order chi connectivity index (χ1) is 6.09. The highest BCUT2D eigenvalue weighted by Gasteiger charge is 2.05. The van der Waals surface area contributed by atoms with Crippen LogP contribution in [0.25, 0.3) is 0 Å². The molecule has 3 heteroatoms. The molecule has 0 spiro atoms. The number of benzene rings is 1. The number of hydrogen-bond acceptors (Lipinski definition) is 1. The lowest BCUT2D eigenvalue weighted by Gasteiger charge is -2.18. The third kappa shape index (κ3) is 3.35. The molecule has 0 heterocycles. The van der Waals surface area contributed by atoms with E-state index in [-0.39, 0.29) is 5.82 Å². The van der Waals surface area contributed by atoms with E-state index in [1.165, 1.54) is 18.1 Å². The number of nitrogens with zero attached hydrogens (tertiary/aromatic N) is 1. The second-order valence-corrected chi connectivity index (χ2v) is 4.06. The van der Waals surface area contributed by atoms with E-state index in [1.807, 2.05) is 23.8 Å². The summed E-state index contributed by atoms with van der Waals surface area (Å²) in [6, 6.07) is 6.50. The van der Waals surface area contributed by atoms with Gasteiger partial charge in [0.25, 0.3) is 0 Å². The van der Waals surface area contributed by atoms with Gasteiger partial charge in [-0.1, -0.05) is 19.9 Å². The van der Waals surface area contributed by atoms with Crippen molar-refractivity contribution in [2.45, 2.75) is 13.8 Å². The van der Waals surface area contributed by atoms with E-state index in [0.29, 0.717) is 0 Å². The first-order valence-corrected chi connectivity index (χ1v) is 4.78. The molecule has 0 unspecified atom stereocenters. The molecule has 1 aromatic carbocycles. The van der Waals surface area contributed by atoms with Crippen LogP contribution < -0.4 is 3.93 Å². The molecule has 13 heavy (non-hydrogen) atoms. The third-order valence-corrected chi connectivity index (χ3v) is 2.20. The van der Waals surface area contributed by atoms with Gasteiger partial charge in [0.1, 0.15) is 5.82 Å². The van der Waals surface area contributed by atoms with Gasteiger partial charge in [0.15, 0.2) is 0 Å². The van der Waals surface area contributed by atoms with Gasteiger partial charge in [-0.2, -0.15) is 0 Å². The predicted octanol–water partition coefficient (Wildman–Crippen LogP) is 3.56. The van der Waals surface area contributed by atoms with E-state index in [9.17, 15) is 4.39 Å². The Labute approximate surface area is 86.9 Å². The van der Waals surface area contributed by atoms with Crippen LogP contribution in [0.15, 0.2) is 24.3 Å². The van der Waals surface area contributed by atoms with E-state index in [4.69, 9.17) is 0 Å². The fourth-order valence-corrected chi connectivity index (χ4v) is 1.72. The first-order valence-electron chi connectivity index (χ1n) is 4.07. The highest BCUT2D eigenvalue weighted by molar-refractivity contribution is 9.10. The first kappa shape index (κ1) is 10.5. The van der Waals surface area contributed by atoms with Crippen LogP contribution in [0.4, 0.5) is 10.1 Å². The van der Waals surface area contributed by atoms with Crippen molar-refractivity contribution in [2.24, 2.45) is 0 Å². The van der Waals surface area contributed by atoms with Gasteiger partial charge in [0.05, 0.1) is 0 Å². The molecule has 0 fully saturated rings. The summed E-state index contributed by atoms with van der Waals surface area (Å²) in [7, 11) is 0. The number of hydrogen-bond donors (Lipinski definition) is 0. The third-order valence-electron chi connectivity index (χ3n) is 1.54. The van der Waals surface area contributed by atoms with E-state index in [1.54, 1.807) is 6.07 Å². The van der Waals surface area contributed by atoms with E-state index < -0.39 is 0 Å². The Kier molecular flexibility index (Phi) is 3.72. The van der Waals surface area contributed by atoms with Crippen molar-refractivity contribution in [3.8, 4) is 0 Å². The Balaban J connectivity index is 2.71. The van der Waals surface area contributed by atoms with Crippen molar-refractivity contribution in [1.29, 1.82) is 0 Å². The molecule has 0 aromatic heterocycles. The highest BCUT2D eigenvalue weighted by atomic mass is 79.9. The van der Waals surface area contributed by atoms with Crippen molar-refractivity contribution in [3.05, 3.63) is 36.0 Å². The molecular formula is C10H12BrFN. The summed E-state index contributed by atoms with van der Waals surface area (Å²) in [5.74, 6) is 1.05. The lowest BCUT2D eigenvalue weighted by molar-refractivity contribution is 0.628. The molecule has 1 radical (unpaired) electrons. The van der Waals surface area contributed by atoms with E-state index in [0.717, 1.165) is 12.2 Å². The minimum atomic E-state index is -0.212. The van der Waals surface area contributed by atoms with Crippen LogP contribution >= 0.6 is 16.1 Å². The molecule has 1 aromatic rings. The van der Waals surface area contributed by atoms with Crippen LogP contribution in [-0.2, 0) is 0 Å². The second-order valence-electron chi connectivity index (χ2n) is 3.21. The van der Waals surface area contributed by atoms with Crippen LogP contribution in [0, 0.1) is 11.7 Å². The largest absolute Gasteiger partial charge is 0.308 e.